The summed E-state index contributed by atoms with van der Waals surface area (Å²) < 4.78 is 6.26. The minimum absolute atomic E-state index is 0.172. The maximum atomic E-state index is 13.4. The largest absolute Gasteiger partial charge is 0.493 e. The second-order valence-electron chi connectivity index (χ2n) is 10.1. The van der Waals surface area contributed by atoms with Crippen molar-refractivity contribution in [3.8, 4) is 5.75 Å². The number of ether oxygens (including phenoxy) is 1. The van der Waals surface area contributed by atoms with E-state index in [1.54, 1.807) is 0 Å². The highest BCUT2D eigenvalue weighted by Gasteiger charge is 2.38. The molecule has 2 heterocycles. The summed E-state index contributed by atoms with van der Waals surface area (Å²) in [6.07, 6.45) is 4.39. The summed E-state index contributed by atoms with van der Waals surface area (Å²) in [5.41, 5.74) is 3.51. The Bertz CT molecular complexity index is 1260. The first-order valence-electron chi connectivity index (χ1n) is 12.8. The third-order valence-electron chi connectivity index (χ3n) is 7.50. The van der Waals surface area contributed by atoms with Crippen molar-refractivity contribution in [2.45, 2.75) is 32.4 Å². The zero-order chi connectivity index (χ0) is 24.8. The van der Waals surface area contributed by atoms with E-state index in [0.717, 1.165) is 43.8 Å². The highest BCUT2D eigenvalue weighted by molar-refractivity contribution is 5.82. The zero-order valence-corrected chi connectivity index (χ0v) is 21.0. The van der Waals surface area contributed by atoms with Crippen LogP contribution in [0.3, 0.4) is 0 Å². The molecule has 0 saturated carbocycles. The fourth-order valence-corrected chi connectivity index (χ4v) is 5.24. The van der Waals surface area contributed by atoms with Gasteiger partial charge >= 0.3 is 0 Å². The molecule has 36 heavy (non-hydrogen) atoms. The fourth-order valence-electron chi connectivity index (χ4n) is 5.24. The van der Waals surface area contributed by atoms with Crippen LogP contribution >= 0.6 is 0 Å². The highest BCUT2D eigenvalue weighted by Crippen LogP contribution is 2.37. The second kappa shape index (κ2) is 11.0. The number of hydrogen-bond donors (Lipinski definition) is 1. The van der Waals surface area contributed by atoms with Gasteiger partial charge < -0.3 is 14.6 Å². The average molecular weight is 482 g/mol. The maximum Gasteiger partial charge on any atom is 0.223 e. The van der Waals surface area contributed by atoms with Crippen molar-refractivity contribution in [3.05, 3.63) is 102 Å². The number of H-pyrrole nitrogens is 1. The highest BCUT2D eigenvalue weighted by atomic mass is 16.5. The fraction of sp³-hybridized carbons (Fsp3) is 0.323. The van der Waals surface area contributed by atoms with Gasteiger partial charge in [0.15, 0.2) is 0 Å². The van der Waals surface area contributed by atoms with Crippen LogP contribution in [-0.2, 0) is 17.9 Å². The van der Waals surface area contributed by atoms with E-state index in [9.17, 15) is 4.79 Å². The van der Waals surface area contributed by atoms with Crippen molar-refractivity contribution in [2.75, 3.05) is 26.7 Å². The number of aromatic amines is 1. The third kappa shape index (κ3) is 5.80. The molecule has 1 aromatic heterocycles. The van der Waals surface area contributed by atoms with Gasteiger partial charge in [0.2, 0.25) is 5.91 Å². The van der Waals surface area contributed by atoms with Crippen LogP contribution in [-0.4, -0.2) is 47.4 Å². The number of aromatic nitrogens is 1. The van der Waals surface area contributed by atoms with Gasteiger partial charge in [0.05, 0.1) is 6.61 Å². The van der Waals surface area contributed by atoms with E-state index in [1.807, 2.05) is 66.7 Å². The van der Waals surface area contributed by atoms with Crippen molar-refractivity contribution in [2.24, 2.45) is 5.41 Å². The van der Waals surface area contributed by atoms with Gasteiger partial charge in [-0.25, -0.2) is 0 Å². The smallest absolute Gasteiger partial charge is 0.223 e. The lowest BCUT2D eigenvalue weighted by atomic mass is 9.75. The number of piperidine rings is 1. The third-order valence-corrected chi connectivity index (χ3v) is 7.50. The van der Waals surface area contributed by atoms with Crippen molar-refractivity contribution >= 4 is 16.8 Å². The molecular formula is C31H35N3O2. The van der Waals surface area contributed by atoms with Crippen molar-refractivity contribution < 1.29 is 9.53 Å². The Morgan fingerprint density at radius 1 is 0.944 bits per heavy atom. The molecule has 1 saturated heterocycles. The number of fused-ring (bicyclic) bond motifs is 1. The van der Waals surface area contributed by atoms with Gasteiger partial charge in [-0.05, 0) is 61.3 Å². The maximum absolute atomic E-state index is 13.4. The van der Waals surface area contributed by atoms with Crippen LogP contribution < -0.4 is 4.74 Å². The summed E-state index contributed by atoms with van der Waals surface area (Å²) in [7, 11) is 1.91. The van der Waals surface area contributed by atoms with Crippen LogP contribution in [0.1, 0.15) is 30.4 Å². The van der Waals surface area contributed by atoms with Crippen molar-refractivity contribution in [1.82, 2.24) is 14.8 Å². The molecule has 4 aromatic rings. The summed E-state index contributed by atoms with van der Waals surface area (Å²) in [6.45, 7) is 4.02. The minimum atomic E-state index is -0.172. The summed E-state index contributed by atoms with van der Waals surface area (Å²) in [5.74, 6) is 1.05. The van der Waals surface area contributed by atoms with Crippen molar-refractivity contribution in [3.63, 3.8) is 0 Å². The molecule has 1 aliphatic heterocycles. The summed E-state index contributed by atoms with van der Waals surface area (Å²) in [4.78, 5) is 21.1. The number of benzene rings is 3. The molecule has 0 radical (unpaired) electrons. The van der Waals surface area contributed by atoms with E-state index < -0.39 is 0 Å². The van der Waals surface area contributed by atoms with Gasteiger partial charge in [-0.1, -0.05) is 60.7 Å². The molecular weight excluding hydrogens is 446 g/mol. The number of rotatable bonds is 9. The molecule has 1 amide bonds. The van der Waals surface area contributed by atoms with Gasteiger partial charge in [0.1, 0.15) is 5.75 Å². The number of amides is 1. The monoisotopic (exact) mass is 481 g/mol. The molecule has 3 aromatic carbocycles. The summed E-state index contributed by atoms with van der Waals surface area (Å²) in [6, 6.07) is 28.8. The molecule has 1 N–H and O–H groups in total. The Kier molecular flexibility index (Phi) is 7.38. The van der Waals surface area contributed by atoms with Crippen LogP contribution in [0.25, 0.3) is 10.9 Å². The summed E-state index contributed by atoms with van der Waals surface area (Å²) >= 11 is 0. The first-order valence-corrected chi connectivity index (χ1v) is 12.8. The van der Waals surface area contributed by atoms with Crippen LogP contribution in [0.4, 0.5) is 0 Å². The molecule has 5 nitrogen and oxygen atoms in total. The normalized spacial score (nSPS) is 15.6. The molecule has 5 heteroatoms. The Hall–Kier alpha value is -3.57. The quantitative estimate of drug-likeness (QED) is 0.325. The molecule has 0 aliphatic carbocycles. The molecule has 0 unspecified atom stereocenters. The Labute approximate surface area is 213 Å². The van der Waals surface area contributed by atoms with E-state index in [-0.39, 0.29) is 11.3 Å². The SMILES string of the molecule is CN(Cc1ccccc1)C(=O)CC1(COc2ccccc2)CCN(Cc2cccc3[nH]ccc23)CC1. The predicted molar refractivity (Wildman–Crippen MR) is 145 cm³/mol. The lowest BCUT2D eigenvalue weighted by Gasteiger charge is -2.42. The number of nitrogens with zero attached hydrogens (tertiary/aromatic N) is 2. The lowest BCUT2D eigenvalue weighted by molar-refractivity contribution is -0.134. The van der Waals surface area contributed by atoms with Gasteiger partial charge in [0, 0.05) is 49.1 Å². The first kappa shape index (κ1) is 24.1. The van der Waals surface area contributed by atoms with E-state index in [1.165, 1.54) is 16.5 Å². The molecule has 0 bridgehead atoms. The van der Waals surface area contributed by atoms with E-state index in [0.29, 0.717) is 19.6 Å². The number of likely N-dealkylation sites (tertiary alicyclic amines) is 1. The van der Waals surface area contributed by atoms with Gasteiger partial charge in [-0.3, -0.25) is 9.69 Å². The number of carbonyl (C=O) groups excluding carboxylic acids is 1. The van der Waals surface area contributed by atoms with Crippen LogP contribution in [0.15, 0.2) is 91.1 Å². The van der Waals surface area contributed by atoms with Gasteiger partial charge in [-0.15, -0.1) is 0 Å². The van der Waals surface area contributed by atoms with Crippen LogP contribution in [0, 0.1) is 5.41 Å². The Morgan fingerprint density at radius 2 is 1.67 bits per heavy atom. The average Bonchev–Trinajstić information content (AvgIpc) is 3.40. The standard InChI is InChI=1S/C31H35N3O2/c1-33(22-25-9-4-2-5-10-25)30(35)21-31(24-36-27-12-6-3-7-13-27)16-19-34(20-17-31)23-26-11-8-14-29-28(26)15-18-32-29/h2-15,18,32H,16-17,19-24H2,1H3. The minimum Gasteiger partial charge on any atom is -0.493 e. The molecule has 0 atom stereocenters. The number of carbonyl (C=O) groups is 1. The predicted octanol–water partition coefficient (Wildman–Crippen LogP) is 5.88. The second-order valence-corrected chi connectivity index (χ2v) is 10.1. The molecule has 1 aliphatic rings. The van der Waals surface area contributed by atoms with Crippen LogP contribution in [0.5, 0.6) is 5.75 Å². The van der Waals surface area contributed by atoms with E-state index in [2.05, 4.69) is 46.3 Å². The Morgan fingerprint density at radius 3 is 2.42 bits per heavy atom. The summed E-state index contributed by atoms with van der Waals surface area (Å²) in [5, 5.41) is 1.29. The van der Waals surface area contributed by atoms with Gasteiger partial charge in [-0.2, -0.15) is 0 Å². The van der Waals surface area contributed by atoms with E-state index in [4.69, 9.17) is 4.74 Å². The number of para-hydroxylation sites is 1. The Balaban J connectivity index is 1.26. The molecule has 5 rings (SSSR count). The number of nitrogens with one attached hydrogen (secondary N) is 1. The zero-order valence-electron chi connectivity index (χ0n) is 21.0. The van der Waals surface area contributed by atoms with E-state index >= 15 is 0 Å². The van der Waals surface area contributed by atoms with Crippen molar-refractivity contribution in [1.29, 1.82) is 0 Å². The molecule has 186 valence electrons. The van der Waals surface area contributed by atoms with Gasteiger partial charge in [0.25, 0.3) is 0 Å². The van der Waals surface area contributed by atoms with Crippen LogP contribution in [0.2, 0.25) is 0 Å². The molecule has 0 spiro atoms. The molecule has 1 fully saturated rings. The number of hydrogen-bond acceptors (Lipinski definition) is 3. The lowest BCUT2D eigenvalue weighted by Crippen LogP contribution is -2.45. The topological polar surface area (TPSA) is 48.6 Å². The first-order chi connectivity index (χ1) is 17.6.